The lowest BCUT2D eigenvalue weighted by Crippen LogP contribution is -2.12. The summed E-state index contributed by atoms with van der Waals surface area (Å²) in [5, 5.41) is 5.08. The monoisotopic (exact) mass is 368 g/mol. The maximum Gasteiger partial charge on any atom is 0.258 e. The third-order valence-electron chi connectivity index (χ3n) is 3.83. The number of imidazole rings is 1. The summed E-state index contributed by atoms with van der Waals surface area (Å²) >= 11 is 7.57. The van der Waals surface area contributed by atoms with Crippen LogP contribution in [-0.4, -0.2) is 20.3 Å². The zero-order chi connectivity index (χ0) is 17.4. The average Bonchev–Trinajstić information content (AvgIpc) is 3.18. The van der Waals surface area contributed by atoms with Crippen LogP contribution < -0.4 is 5.32 Å². The number of nitrogens with zero attached hydrogens (tertiary/aromatic N) is 3. The molecule has 124 valence electrons. The van der Waals surface area contributed by atoms with Gasteiger partial charge in [0.2, 0.25) is 0 Å². The predicted molar refractivity (Wildman–Crippen MR) is 100 cm³/mol. The molecule has 0 aliphatic heterocycles. The molecule has 4 rings (SSSR count). The molecule has 0 saturated carbocycles. The van der Waals surface area contributed by atoms with Crippen molar-refractivity contribution in [2.75, 3.05) is 5.32 Å². The Morgan fingerprint density at radius 1 is 1.24 bits per heavy atom. The number of carbonyl (C=O) groups excluding carboxylic acids is 1. The molecule has 1 amide bonds. The first kappa shape index (κ1) is 15.8. The zero-order valence-corrected chi connectivity index (χ0v) is 14.8. The molecule has 0 atom stereocenters. The van der Waals surface area contributed by atoms with Gasteiger partial charge in [-0.05, 0) is 31.2 Å². The van der Waals surface area contributed by atoms with Gasteiger partial charge in [-0.2, -0.15) is 0 Å². The van der Waals surface area contributed by atoms with Crippen LogP contribution in [0, 0.1) is 6.92 Å². The van der Waals surface area contributed by atoms with Gasteiger partial charge in [0.1, 0.15) is 5.15 Å². The van der Waals surface area contributed by atoms with Gasteiger partial charge in [0, 0.05) is 34.7 Å². The Hall–Kier alpha value is -2.70. The first-order valence-electron chi connectivity index (χ1n) is 7.57. The van der Waals surface area contributed by atoms with E-state index in [0.717, 1.165) is 21.9 Å². The van der Waals surface area contributed by atoms with Crippen LogP contribution in [0.25, 0.3) is 16.2 Å². The molecule has 3 heterocycles. The molecule has 4 aromatic rings. The number of hydrogen-bond acceptors (Lipinski definition) is 4. The third-order valence-corrected chi connectivity index (χ3v) is 5.09. The number of nitrogens with one attached hydrogen (secondary N) is 1. The Morgan fingerprint density at radius 3 is 2.76 bits per heavy atom. The number of aryl methyl sites for hydroxylation is 1. The summed E-state index contributed by atoms with van der Waals surface area (Å²) in [5.74, 6) is -0.288. The molecule has 0 bridgehead atoms. The van der Waals surface area contributed by atoms with Gasteiger partial charge >= 0.3 is 0 Å². The highest BCUT2D eigenvalue weighted by molar-refractivity contribution is 7.15. The van der Waals surface area contributed by atoms with Crippen molar-refractivity contribution in [2.24, 2.45) is 0 Å². The fourth-order valence-electron chi connectivity index (χ4n) is 2.51. The Morgan fingerprint density at radius 2 is 2.04 bits per heavy atom. The van der Waals surface area contributed by atoms with Crippen molar-refractivity contribution in [1.82, 2.24) is 14.4 Å². The molecule has 1 N–H and O–H groups in total. The van der Waals surface area contributed by atoms with E-state index < -0.39 is 0 Å². The minimum Gasteiger partial charge on any atom is -0.322 e. The second-order valence-electron chi connectivity index (χ2n) is 5.53. The molecule has 0 saturated heterocycles. The standard InChI is InChI=1S/C18H13ClN4OS/c1-11-10-25-18-22-15(9-23(11)18)12-4-6-13(7-5-12)21-17(24)14-3-2-8-20-16(14)19/h2-10H,1H3,(H,21,24). The molecule has 0 spiro atoms. The van der Waals surface area contributed by atoms with Crippen LogP contribution in [0.1, 0.15) is 16.1 Å². The number of fused-ring (bicyclic) bond motifs is 1. The first-order chi connectivity index (χ1) is 12.1. The van der Waals surface area contributed by atoms with Gasteiger partial charge in [-0.3, -0.25) is 9.20 Å². The molecule has 3 aromatic heterocycles. The summed E-state index contributed by atoms with van der Waals surface area (Å²) in [5.41, 5.74) is 4.09. The van der Waals surface area contributed by atoms with Crippen molar-refractivity contribution < 1.29 is 4.79 Å². The van der Waals surface area contributed by atoms with Crippen LogP contribution >= 0.6 is 22.9 Å². The van der Waals surface area contributed by atoms with E-state index in [2.05, 4.69) is 32.0 Å². The van der Waals surface area contributed by atoms with E-state index in [1.165, 1.54) is 0 Å². The van der Waals surface area contributed by atoms with Crippen molar-refractivity contribution >= 4 is 39.5 Å². The minimum atomic E-state index is -0.288. The van der Waals surface area contributed by atoms with Gasteiger partial charge in [-0.15, -0.1) is 11.3 Å². The highest BCUT2D eigenvalue weighted by atomic mass is 35.5. The number of benzene rings is 1. The second kappa shape index (κ2) is 6.31. The van der Waals surface area contributed by atoms with Crippen molar-refractivity contribution in [1.29, 1.82) is 0 Å². The smallest absolute Gasteiger partial charge is 0.258 e. The van der Waals surface area contributed by atoms with E-state index >= 15 is 0 Å². The fourth-order valence-corrected chi connectivity index (χ4v) is 3.57. The maximum absolute atomic E-state index is 12.3. The molecule has 0 aliphatic carbocycles. The average molecular weight is 369 g/mol. The van der Waals surface area contributed by atoms with Gasteiger partial charge in [-0.25, -0.2) is 9.97 Å². The highest BCUT2D eigenvalue weighted by Crippen LogP contribution is 2.25. The van der Waals surface area contributed by atoms with Crippen LogP contribution in [0.4, 0.5) is 5.69 Å². The van der Waals surface area contributed by atoms with Crippen LogP contribution in [0.3, 0.4) is 0 Å². The number of pyridine rings is 1. The van der Waals surface area contributed by atoms with Crippen molar-refractivity contribution in [3.8, 4) is 11.3 Å². The highest BCUT2D eigenvalue weighted by Gasteiger charge is 2.11. The third kappa shape index (κ3) is 3.01. The number of hydrogen-bond donors (Lipinski definition) is 1. The number of carbonyl (C=O) groups is 1. The quantitative estimate of drug-likeness (QED) is 0.534. The molecule has 7 heteroatoms. The molecule has 0 radical (unpaired) electrons. The largest absolute Gasteiger partial charge is 0.322 e. The van der Waals surface area contributed by atoms with E-state index in [9.17, 15) is 4.79 Å². The van der Waals surface area contributed by atoms with Crippen LogP contribution in [-0.2, 0) is 0 Å². The van der Waals surface area contributed by atoms with Gasteiger partial charge < -0.3 is 5.32 Å². The summed E-state index contributed by atoms with van der Waals surface area (Å²) in [6.07, 6.45) is 3.56. The van der Waals surface area contributed by atoms with E-state index in [0.29, 0.717) is 11.3 Å². The Bertz CT molecular complexity index is 1070. The van der Waals surface area contributed by atoms with E-state index in [4.69, 9.17) is 11.6 Å². The SMILES string of the molecule is Cc1csc2nc(-c3ccc(NC(=O)c4cccnc4Cl)cc3)cn12. The molecule has 5 nitrogen and oxygen atoms in total. The van der Waals surface area contributed by atoms with Crippen LogP contribution in [0.15, 0.2) is 54.2 Å². The lowest BCUT2D eigenvalue weighted by atomic mass is 10.1. The van der Waals surface area contributed by atoms with Crippen molar-refractivity contribution in [3.63, 3.8) is 0 Å². The predicted octanol–water partition coefficient (Wildman–Crippen LogP) is 4.67. The number of amides is 1. The zero-order valence-electron chi connectivity index (χ0n) is 13.2. The summed E-state index contributed by atoms with van der Waals surface area (Å²) in [6, 6.07) is 10.9. The number of thiazole rings is 1. The molecular weight excluding hydrogens is 356 g/mol. The van der Waals surface area contributed by atoms with Crippen LogP contribution in [0.2, 0.25) is 5.15 Å². The number of halogens is 1. The number of anilines is 1. The van der Waals surface area contributed by atoms with Crippen LogP contribution in [0.5, 0.6) is 0 Å². The summed E-state index contributed by atoms with van der Waals surface area (Å²) in [4.78, 5) is 21.8. The Balaban J connectivity index is 1.55. The molecular formula is C18H13ClN4OS. The molecule has 1 aromatic carbocycles. The topological polar surface area (TPSA) is 59.3 Å². The van der Waals surface area contributed by atoms with E-state index in [1.54, 1.807) is 29.7 Å². The molecule has 0 unspecified atom stereocenters. The molecule has 0 fully saturated rings. The lowest BCUT2D eigenvalue weighted by molar-refractivity contribution is 0.102. The molecule has 0 aliphatic rings. The molecule has 25 heavy (non-hydrogen) atoms. The minimum absolute atomic E-state index is 0.185. The van der Waals surface area contributed by atoms with Gasteiger partial charge in [0.15, 0.2) is 4.96 Å². The summed E-state index contributed by atoms with van der Waals surface area (Å²) in [6.45, 7) is 2.05. The first-order valence-corrected chi connectivity index (χ1v) is 8.83. The lowest BCUT2D eigenvalue weighted by Gasteiger charge is -2.06. The number of rotatable bonds is 3. The summed E-state index contributed by atoms with van der Waals surface area (Å²) in [7, 11) is 0. The van der Waals surface area contributed by atoms with Crippen molar-refractivity contribution in [3.05, 3.63) is 70.6 Å². The normalized spacial score (nSPS) is 11.0. The van der Waals surface area contributed by atoms with Gasteiger partial charge in [0.25, 0.3) is 5.91 Å². The Labute approximate surface area is 152 Å². The van der Waals surface area contributed by atoms with Gasteiger partial charge in [0.05, 0.1) is 11.3 Å². The summed E-state index contributed by atoms with van der Waals surface area (Å²) < 4.78 is 2.07. The van der Waals surface area contributed by atoms with E-state index in [1.807, 2.05) is 30.5 Å². The number of aromatic nitrogens is 3. The Kier molecular flexibility index (Phi) is 3.99. The fraction of sp³-hybridized carbons (Fsp3) is 0.0556. The second-order valence-corrected chi connectivity index (χ2v) is 6.72. The maximum atomic E-state index is 12.3. The van der Waals surface area contributed by atoms with E-state index in [-0.39, 0.29) is 11.1 Å². The van der Waals surface area contributed by atoms with Crippen molar-refractivity contribution in [2.45, 2.75) is 6.92 Å². The van der Waals surface area contributed by atoms with Gasteiger partial charge in [-0.1, -0.05) is 23.7 Å².